The van der Waals surface area contributed by atoms with Crippen molar-refractivity contribution in [2.45, 2.75) is 71.6 Å². The number of hydrogen-bond donors (Lipinski definition) is 3. The first-order valence-corrected chi connectivity index (χ1v) is 13.8. The number of unbranched alkanes of at least 4 members (excludes halogenated alkanes) is 2. The van der Waals surface area contributed by atoms with E-state index in [1.807, 2.05) is 73.7 Å². The number of carbonyl (C=O) groups excluding carboxylic acids is 3. The monoisotopic (exact) mass is 547 g/mol. The molecule has 0 heterocycles. The van der Waals surface area contributed by atoms with Crippen molar-refractivity contribution in [3.8, 4) is 0 Å². The maximum Gasteiger partial charge on any atom is 0.408 e. The first-order valence-electron chi connectivity index (χ1n) is 13.8. The smallest absolute Gasteiger partial charge is 0.408 e. The number of ether oxygens (including phenoxy) is 1. The molecular weight excluding hydrogens is 506 g/mol. The number of nitrogens with one attached hydrogen (secondary N) is 2. The Kier molecular flexibility index (Phi) is 10.7. The van der Waals surface area contributed by atoms with Crippen molar-refractivity contribution in [2.75, 3.05) is 18.5 Å². The number of aliphatic hydroxyl groups excluding tert-OH is 1. The minimum absolute atomic E-state index is 0.267. The molecule has 0 saturated heterocycles. The third-order valence-corrected chi connectivity index (χ3v) is 6.39. The average Bonchev–Trinajstić information content (AvgIpc) is 2.90. The summed E-state index contributed by atoms with van der Waals surface area (Å²) in [6.45, 7) is 8.74. The van der Waals surface area contributed by atoms with Crippen LogP contribution in [0.5, 0.6) is 0 Å². The van der Waals surface area contributed by atoms with Gasteiger partial charge >= 0.3 is 6.09 Å². The van der Waals surface area contributed by atoms with Crippen molar-refractivity contribution in [1.29, 1.82) is 0 Å². The molecule has 0 aliphatic rings. The molecule has 3 N–H and O–H groups in total. The van der Waals surface area contributed by atoms with E-state index in [2.05, 4.69) is 17.6 Å². The molecule has 2 atom stereocenters. The molecule has 40 heavy (non-hydrogen) atoms. The largest absolute Gasteiger partial charge is 0.444 e. The standard InChI is InChI=1S/C32H41N3O5/c1-6-7-10-18-35(30(38)27(21-36)34-31(39)40-32(3,4)5)28(25-15-11-12-22(2)19-25)29(37)33-26-17-16-23-13-8-9-14-24(23)20-26/h8-9,11-17,19-20,27-28,36H,6-7,10,18,21H2,1-5H3,(H,33,37)(H,34,39). The van der Waals surface area contributed by atoms with Crippen LogP contribution < -0.4 is 10.6 Å². The van der Waals surface area contributed by atoms with E-state index in [9.17, 15) is 19.5 Å². The Bertz CT molecular complexity index is 1320. The van der Waals surface area contributed by atoms with Gasteiger partial charge in [-0.15, -0.1) is 0 Å². The predicted molar refractivity (Wildman–Crippen MR) is 158 cm³/mol. The topological polar surface area (TPSA) is 108 Å². The van der Waals surface area contributed by atoms with Gasteiger partial charge in [0.25, 0.3) is 5.91 Å². The Labute approximate surface area is 236 Å². The number of amides is 3. The highest BCUT2D eigenvalue weighted by molar-refractivity contribution is 6.00. The van der Waals surface area contributed by atoms with E-state index in [1.165, 1.54) is 4.90 Å². The van der Waals surface area contributed by atoms with Gasteiger partial charge in [-0.25, -0.2) is 4.79 Å². The lowest BCUT2D eigenvalue weighted by atomic mass is 10.00. The summed E-state index contributed by atoms with van der Waals surface area (Å²) in [5.74, 6) is -0.954. The van der Waals surface area contributed by atoms with Gasteiger partial charge in [0.15, 0.2) is 0 Å². The molecule has 0 fully saturated rings. The average molecular weight is 548 g/mol. The molecule has 3 aromatic carbocycles. The van der Waals surface area contributed by atoms with Crippen molar-refractivity contribution in [3.05, 3.63) is 77.9 Å². The number of alkyl carbamates (subject to hydrolysis) is 1. The third-order valence-electron chi connectivity index (χ3n) is 6.39. The van der Waals surface area contributed by atoms with Gasteiger partial charge in [0.1, 0.15) is 17.7 Å². The number of nitrogens with zero attached hydrogens (tertiary/aromatic N) is 1. The van der Waals surface area contributed by atoms with Gasteiger partial charge in [-0.2, -0.15) is 0 Å². The first kappa shape index (κ1) is 30.6. The van der Waals surface area contributed by atoms with Crippen LogP contribution in [0.2, 0.25) is 0 Å². The van der Waals surface area contributed by atoms with Crippen molar-refractivity contribution >= 4 is 34.4 Å². The van der Waals surface area contributed by atoms with Crippen LogP contribution in [-0.4, -0.2) is 52.7 Å². The molecule has 0 bridgehead atoms. The van der Waals surface area contributed by atoms with Crippen LogP contribution in [0.3, 0.4) is 0 Å². The third kappa shape index (κ3) is 8.55. The molecule has 0 aliphatic heterocycles. The zero-order valence-corrected chi connectivity index (χ0v) is 24.1. The fourth-order valence-electron chi connectivity index (χ4n) is 4.52. The summed E-state index contributed by atoms with van der Waals surface area (Å²) in [6.07, 6.45) is 1.60. The number of aliphatic hydroxyl groups is 1. The highest BCUT2D eigenvalue weighted by Crippen LogP contribution is 2.27. The fourth-order valence-corrected chi connectivity index (χ4v) is 4.52. The number of carbonyl (C=O) groups is 3. The predicted octanol–water partition coefficient (Wildman–Crippen LogP) is 5.73. The highest BCUT2D eigenvalue weighted by Gasteiger charge is 2.36. The molecule has 0 saturated carbocycles. The fraction of sp³-hybridized carbons (Fsp3) is 0.406. The second-order valence-electron chi connectivity index (χ2n) is 11.0. The summed E-state index contributed by atoms with van der Waals surface area (Å²) >= 11 is 0. The summed E-state index contributed by atoms with van der Waals surface area (Å²) in [7, 11) is 0. The normalized spacial score (nSPS) is 12.8. The molecule has 3 rings (SSSR count). The number of anilines is 1. The summed E-state index contributed by atoms with van der Waals surface area (Å²) in [5.41, 5.74) is 1.40. The van der Waals surface area contributed by atoms with Crippen LogP contribution in [0.15, 0.2) is 66.7 Å². The number of hydrogen-bond acceptors (Lipinski definition) is 5. The molecule has 2 unspecified atom stereocenters. The zero-order valence-electron chi connectivity index (χ0n) is 24.1. The number of fused-ring (bicyclic) bond motifs is 1. The van der Waals surface area contributed by atoms with E-state index in [0.717, 1.165) is 29.2 Å². The molecule has 0 radical (unpaired) electrons. The Morgan fingerprint density at radius 1 is 0.950 bits per heavy atom. The molecule has 0 aliphatic carbocycles. The van der Waals surface area contributed by atoms with Crippen LogP contribution in [0, 0.1) is 6.92 Å². The van der Waals surface area contributed by atoms with Crippen LogP contribution in [0.1, 0.15) is 64.1 Å². The van der Waals surface area contributed by atoms with Crippen LogP contribution in [0.4, 0.5) is 10.5 Å². The molecule has 3 aromatic rings. The van der Waals surface area contributed by atoms with Crippen molar-refractivity contribution in [1.82, 2.24) is 10.2 Å². The van der Waals surface area contributed by atoms with Gasteiger partial charge in [-0.1, -0.05) is 79.9 Å². The molecule has 3 amide bonds. The Morgan fingerprint density at radius 2 is 1.68 bits per heavy atom. The number of benzene rings is 3. The van der Waals surface area contributed by atoms with E-state index in [1.54, 1.807) is 20.8 Å². The summed E-state index contributed by atoms with van der Waals surface area (Å²) in [4.78, 5) is 41.8. The second-order valence-corrected chi connectivity index (χ2v) is 11.0. The maximum atomic E-state index is 14.0. The van der Waals surface area contributed by atoms with E-state index < -0.39 is 36.3 Å². The van der Waals surface area contributed by atoms with Crippen LogP contribution in [-0.2, 0) is 14.3 Å². The van der Waals surface area contributed by atoms with Gasteiger partial charge in [0, 0.05) is 12.2 Å². The highest BCUT2D eigenvalue weighted by atomic mass is 16.6. The summed E-state index contributed by atoms with van der Waals surface area (Å²) < 4.78 is 5.31. The Morgan fingerprint density at radius 3 is 2.33 bits per heavy atom. The van der Waals surface area contributed by atoms with Crippen molar-refractivity contribution < 1.29 is 24.2 Å². The van der Waals surface area contributed by atoms with E-state index in [4.69, 9.17) is 4.74 Å². The first-order chi connectivity index (χ1) is 19.0. The van der Waals surface area contributed by atoms with Gasteiger partial charge in [-0.05, 0) is 62.6 Å². The van der Waals surface area contributed by atoms with Gasteiger partial charge < -0.3 is 25.4 Å². The minimum atomic E-state index is -1.28. The lowest BCUT2D eigenvalue weighted by Gasteiger charge is -2.34. The second kappa shape index (κ2) is 13.9. The molecule has 8 nitrogen and oxygen atoms in total. The molecular formula is C32H41N3O5. The molecule has 8 heteroatoms. The summed E-state index contributed by atoms with van der Waals surface area (Å²) in [6, 6.07) is 18.7. The van der Waals surface area contributed by atoms with Gasteiger partial charge in [-0.3, -0.25) is 9.59 Å². The molecule has 214 valence electrons. The van der Waals surface area contributed by atoms with E-state index in [-0.39, 0.29) is 12.5 Å². The van der Waals surface area contributed by atoms with E-state index >= 15 is 0 Å². The van der Waals surface area contributed by atoms with Crippen LogP contribution >= 0.6 is 0 Å². The number of rotatable bonds is 11. The quantitative estimate of drug-likeness (QED) is 0.266. The zero-order chi connectivity index (χ0) is 29.3. The minimum Gasteiger partial charge on any atom is -0.444 e. The molecule has 0 aromatic heterocycles. The Balaban J connectivity index is 1.99. The SMILES string of the molecule is CCCCCN(C(=O)C(CO)NC(=O)OC(C)(C)C)C(C(=O)Nc1ccc2ccccc2c1)c1cccc(C)c1. The lowest BCUT2D eigenvalue weighted by molar-refractivity contribution is -0.141. The lowest BCUT2D eigenvalue weighted by Crippen LogP contribution is -2.54. The van der Waals surface area contributed by atoms with Crippen LogP contribution in [0.25, 0.3) is 10.8 Å². The Hall–Kier alpha value is -3.91. The molecule has 0 spiro atoms. The van der Waals surface area contributed by atoms with E-state index in [0.29, 0.717) is 17.7 Å². The van der Waals surface area contributed by atoms with Gasteiger partial charge in [0.2, 0.25) is 5.91 Å². The van der Waals surface area contributed by atoms with Gasteiger partial charge in [0.05, 0.1) is 6.61 Å². The van der Waals surface area contributed by atoms with Crippen molar-refractivity contribution in [3.63, 3.8) is 0 Å². The van der Waals surface area contributed by atoms with Crippen molar-refractivity contribution in [2.24, 2.45) is 0 Å². The number of aryl methyl sites for hydroxylation is 1. The maximum absolute atomic E-state index is 14.0. The summed E-state index contributed by atoms with van der Waals surface area (Å²) in [5, 5.41) is 17.6.